The fraction of sp³-hybridized carbons (Fsp3) is 0.462. The molecule has 0 aromatic heterocycles. The van der Waals surface area contributed by atoms with E-state index >= 15 is 0 Å². The molecule has 0 saturated heterocycles. The van der Waals surface area contributed by atoms with Crippen molar-refractivity contribution in [2.24, 2.45) is 0 Å². The summed E-state index contributed by atoms with van der Waals surface area (Å²) >= 11 is 0. The number of nitrogens with one attached hydrogen (secondary N) is 1. The zero-order chi connectivity index (χ0) is 14.6. The van der Waals surface area contributed by atoms with E-state index in [9.17, 15) is 13.2 Å². The fourth-order valence-corrected chi connectivity index (χ4v) is 2.79. The highest BCUT2D eigenvalue weighted by Crippen LogP contribution is 2.17. The van der Waals surface area contributed by atoms with Gasteiger partial charge in [-0.1, -0.05) is 12.1 Å². The third-order valence-corrected chi connectivity index (χ3v) is 3.62. The highest BCUT2D eigenvalue weighted by Gasteiger charge is 2.16. The minimum atomic E-state index is -3.05. The molecule has 0 aliphatic carbocycles. The Morgan fingerprint density at radius 1 is 1.32 bits per heavy atom. The molecule has 0 aliphatic heterocycles. The maximum Gasteiger partial charge on any atom is 0.255 e. The Labute approximate surface area is 114 Å². The molecule has 0 spiro atoms. The highest BCUT2D eigenvalue weighted by atomic mass is 32.2. The maximum absolute atomic E-state index is 12.0. The number of carbonyl (C=O) groups is 1. The highest BCUT2D eigenvalue weighted by molar-refractivity contribution is 7.90. The first-order valence-corrected chi connectivity index (χ1v) is 8.01. The Morgan fingerprint density at radius 2 is 1.89 bits per heavy atom. The number of anilines is 1. The van der Waals surface area contributed by atoms with Gasteiger partial charge in [-0.3, -0.25) is 4.79 Å². The summed E-state index contributed by atoms with van der Waals surface area (Å²) in [4.78, 5) is 13.5. The van der Waals surface area contributed by atoms with Gasteiger partial charge >= 0.3 is 0 Å². The van der Waals surface area contributed by atoms with E-state index in [1.54, 1.807) is 39.2 Å². The summed E-state index contributed by atoms with van der Waals surface area (Å²) in [6.07, 6.45) is 1.20. The van der Waals surface area contributed by atoms with Gasteiger partial charge in [0, 0.05) is 32.1 Å². The number of hydrogen-bond acceptors (Lipinski definition) is 4. The molecule has 1 aromatic carbocycles. The van der Waals surface area contributed by atoms with E-state index in [-0.39, 0.29) is 17.7 Å². The van der Waals surface area contributed by atoms with Crippen molar-refractivity contribution in [2.75, 3.05) is 31.4 Å². The molecule has 1 rings (SSSR count). The van der Waals surface area contributed by atoms with Crippen LogP contribution in [0.5, 0.6) is 0 Å². The molecular weight excluding hydrogens is 264 g/mol. The number of nitrogens with zero attached hydrogens (tertiary/aromatic N) is 1. The van der Waals surface area contributed by atoms with E-state index in [2.05, 4.69) is 5.32 Å². The lowest BCUT2D eigenvalue weighted by atomic mass is 10.1. The third-order valence-electron chi connectivity index (χ3n) is 2.52. The van der Waals surface area contributed by atoms with Crippen molar-refractivity contribution in [3.8, 4) is 0 Å². The quantitative estimate of drug-likeness (QED) is 0.883. The fourth-order valence-electron chi connectivity index (χ4n) is 1.80. The number of benzene rings is 1. The number of sulfone groups is 1. The second-order valence-electron chi connectivity index (χ2n) is 4.88. The average Bonchev–Trinajstić information content (AvgIpc) is 2.26. The summed E-state index contributed by atoms with van der Waals surface area (Å²) in [6.45, 7) is 1.78. The molecule has 0 bridgehead atoms. The topological polar surface area (TPSA) is 66.5 Å². The van der Waals surface area contributed by atoms with Crippen molar-refractivity contribution in [1.82, 2.24) is 4.90 Å². The van der Waals surface area contributed by atoms with Gasteiger partial charge in [-0.05, 0) is 19.1 Å². The van der Waals surface area contributed by atoms with Crippen LogP contribution in [0.1, 0.15) is 17.3 Å². The van der Waals surface area contributed by atoms with Crippen LogP contribution in [0.3, 0.4) is 0 Å². The van der Waals surface area contributed by atoms with Gasteiger partial charge in [-0.2, -0.15) is 0 Å². The third kappa shape index (κ3) is 4.90. The van der Waals surface area contributed by atoms with E-state index in [1.165, 1.54) is 11.2 Å². The van der Waals surface area contributed by atoms with Crippen molar-refractivity contribution < 1.29 is 13.2 Å². The Balaban J connectivity index is 2.93. The van der Waals surface area contributed by atoms with Crippen LogP contribution in [0.4, 0.5) is 5.69 Å². The zero-order valence-electron chi connectivity index (χ0n) is 11.7. The van der Waals surface area contributed by atoms with Crippen LogP contribution >= 0.6 is 0 Å². The van der Waals surface area contributed by atoms with Gasteiger partial charge in [-0.15, -0.1) is 0 Å². The first-order valence-electron chi connectivity index (χ1n) is 5.95. The van der Waals surface area contributed by atoms with Crippen LogP contribution in [-0.4, -0.2) is 51.4 Å². The van der Waals surface area contributed by atoms with Crippen LogP contribution in [0.15, 0.2) is 24.3 Å². The second-order valence-corrected chi connectivity index (χ2v) is 7.07. The maximum atomic E-state index is 12.0. The van der Waals surface area contributed by atoms with Gasteiger partial charge in [0.2, 0.25) is 0 Å². The number of carbonyl (C=O) groups excluding carboxylic acids is 1. The van der Waals surface area contributed by atoms with Crippen molar-refractivity contribution in [3.63, 3.8) is 0 Å². The number of rotatable bonds is 5. The Morgan fingerprint density at radius 3 is 2.42 bits per heavy atom. The molecule has 1 atom stereocenters. The van der Waals surface area contributed by atoms with Gasteiger partial charge in [0.25, 0.3) is 5.91 Å². The lowest BCUT2D eigenvalue weighted by Crippen LogP contribution is -2.28. The lowest BCUT2D eigenvalue weighted by Gasteiger charge is -2.18. The Hall–Kier alpha value is -1.56. The van der Waals surface area contributed by atoms with E-state index in [0.29, 0.717) is 11.3 Å². The second kappa shape index (κ2) is 6.06. The van der Waals surface area contributed by atoms with Crippen molar-refractivity contribution in [1.29, 1.82) is 0 Å². The van der Waals surface area contributed by atoms with Crippen molar-refractivity contribution in [3.05, 3.63) is 29.8 Å². The largest absolute Gasteiger partial charge is 0.381 e. The Bertz CT molecular complexity index is 553. The van der Waals surface area contributed by atoms with Crippen LogP contribution in [0.25, 0.3) is 0 Å². The summed E-state index contributed by atoms with van der Waals surface area (Å²) in [5.74, 6) is -0.0908. The summed E-state index contributed by atoms with van der Waals surface area (Å²) in [6, 6.07) is 6.82. The number of para-hydroxylation sites is 1. The predicted octanol–water partition coefficient (Wildman–Crippen LogP) is 1.23. The zero-order valence-corrected chi connectivity index (χ0v) is 12.5. The van der Waals surface area contributed by atoms with Crippen LogP contribution < -0.4 is 5.32 Å². The van der Waals surface area contributed by atoms with Gasteiger partial charge < -0.3 is 10.2 Å². The molecular formula is C13H20N2O3S. The molecule has 0 saturated carbocycles. The molecule has 0 aliphatic rings. The molecule has 1 unspecified atom stereocenters. The molecule has 1 aromatic rings. The summed E-state index contributed by atoms with van der Waals surface area (Å²) in [5, 5.41) is 3.08. The first-order chi connectivity index (χ1) is 8.70. The molecule has 0 heterocycles. The van der Waals surface area contributed by atoms with E-state index in [0.717, 1.165) is 0 Å². The molecule has 5 nitrogen and oxygen atoms in total. The minimum absolute atomic E-state index is 0.0253. The number of amides is 1. The predicted molar refractivity (Wildman–Crippen MR) is 77.3 cm³/mol. The molecule has 6 heteroatoms. The number of hydrogen-bond donors (Lipinski definition) is 1. The van der Waals surface area contributed by atoms with Crippen LogP contribution in [0, 0.1) is 0 Å². The Kier molecular flexibility index (Phi) is 4.94. The van der Waals surface area contributed by atoms with E-state index < -0.39 is 9.84 Å². The van der Waals surface area contributed by atoms with Crippen molar-refractivity contribution in [2.45, 2.75) is 13.0 Å². The van der Waals surface area contributed by atoms with Crippen LogP contribution in [0.2, 0.25) is 0 Å². The smallest absolute Gasteiger partial charge is 0.255 e. The first kappa shape index (κ1) is 15.5. The van der Waals surface area contributed by atoms with Crippen LogP contribution in [-0.2, 0) is 9.84 Å². The van der Waals surface area contributed by atoms with Gasteiger partial charge in [0.15, 0.2) is 0 Å². The monoisotopic (exact) mass is 284 g/mol. The molecule has 0 fully saturated rings. The molecule has 1 amide bonds. The minimum Gasteiger partial charge on any atom is -0.381 e. The average molecular weight is 284 g/mol. The van der Waals surface area contributed by atoms with Crippen molar-refractivity contribution >= 4 is 21.4 Å². The van der Waals surface area contributed by atoms with Gasteiger partial charge in [0.05, 0.1) is 11.3 Å². The summed E-state index contributed by atoms with van der Waals surface area (Å²) < 4.78 is 22.5. The molecule has 0 radical (unpaired) electrons. The van der Waals surface area contributed by atoms with E-state index in [1.807, 2.05) is 6.07 Å². The summed E-state index contributed by atoms with van der Waals surface area (Å²) in [7, 11) is 0.308. The standard InChI is InChI=1S/C13H20N2O3S/c1-10(9-19(4,17)18)14-12-8-6-5-7-11(12)13(16)15(2)3/h5-8,10,14H,9H2,1-4H3. The van der Waals surface area contributed by atoms with E-state index in [4.69, 9.17) is 0 Å². The molecule has 106 valence electrons. The molecule has 1 N–H and O–H groups in total. The normalized spacial score (nSPS) is 12.8. The van der Waals surface area contributed by atoms with Gasteiger partial charge in [0.1, 0.15) is 9.84 Å². The molecule has 19 heavy (non-hydrogen) atoms. The summed E-state index contributed by atoms with van der Waals surface area (Å²) in [5.41, 5.74) is 1.19. The lowest BCUT2D eigenvalue weighted by molar-refractivity contribution is 0.0828. The van der Waals surface area contributed by atoms with Gasteiger partial charge in [-0.25, -0.2) is 8.42 Å². The SMILES string of the molecule is CC(CS(C)(=O)=O)Nc1ccccc1C(=O)N(C)C.